The molecule has 0 fully saturated rings. The highest BCUT2D eigenvalue weighted by atomic mass is 32.2. The number of aromatic nitrogens is 1. The van der Waals surface area contributed by atoms with Crippen molar-refractivity contribution >= 4 is 29.3 Å². The fraction of sp³-hybridized carbons (Fsp3) is 0.133. The largest absolute Gasteiger partial charge is 0.573 e. The first-order valence-electron chi connectivity index (χ1n) is 6.71. The van der Waals surface area contributed by atoms with Crippen molar-refractivity contribution in [3.8, 4) is 5.75 Å². The quantitative estimate of drug-likeness (QED) is 0.756. The minimum Gasteiger partial charge on any atom is -0.478 e. The molecular weight excluding hydrogens is 361 g/mol. The van der Waals surface area contributed by atoms with Crippen molar-refractivity contribution in [2.75, 3.05) is 11.1 Å². The summed E-state index contributed by atoms with van der Waals surface area (Å²) in [6, 6.07) is 7.58. The van der Waals surface area contributed by atoms with E-state index in [1.54, 1.807) is 0 Å². The van der Waals surface area contributed by atoms with E-state index in [2.05, 4.69) is 15.0 Å². The van der Waals surface area contributed by atoms with Gasteiger partial charge in [-0.1, -0.05) is 11.8 Å². The lowest BCUT2D eigenvalue weighted by Crippen LogP contribution is -2.17. The molecule has 0 aliphatic carbocycles. The van der Waals surface area contributed by atoms with Crippen LogP contribution in [0.25, 0.3) is 0 Å². The first kappa shape index (κ1) is 18.6. The molecule has 1 heterocycles. The first-order valence-corrected chi connectivity index (χ1v) is 7.69. The predicted molar refractivity (Wildman–Crippen MR) is 83.7 cm³/mol. The molecule has 6 nitrogen and oxygen atoms in total. The number of anilines is 1. The van der Waals surface area contributed by atoms with Gasteiger partial charge in [0, 0.05) is 11.9 Å². The van der Waals surface area contributed by atoms with Crippen LogP contribution in [0, 0.1) is 0 Å². The number of halogens is 3. The Labute approximate surface area is 144 Å². The van der Waals surface area contributed by atoms with Gasteiger partial charge in [-0.15, -0.1) is 13.2 Å². The van der Waals surface area contributed by atoms with Gasteiger partial charge in [-0.3, -0.25) is 4.79 Å². The second-order valence-electron chi connectivity index (χ2n) is 4.60. The Hall–Kier alpha value is -2.75. The van der Waals surface area contributed by atoms with Crippen LogP contribution in [0.15, 0.2) is 47.6 Å². The Morgan fingerprint density at radius 3 is 2.36 bits per heavy atom. The number of rotatable bonds is 6. The molecule has 0 radical (unpaired) electrons. The van der Waals surface area contributed by atoms with E-state index in [-0.39, 0.29) is 17.1 Å². The van der Waals surface area contributed by atoms with Crippen molar-refractivity contribution in [1.29, 1.82) is 0 Å². The number of carboxylic acid groups (broad SMARTS) is 1. The molecule has 132 valence electrons. The van der Waals surface area contributed by atoms with Gasteiger partial charge in [-0.25, -0.2) is 9.78 Å². The van der Waals surface area contributed by atoms with E-state index in [0.29, 0.717) is 10.7 Å². The van der Waals surface area contributed by atoms with Crippen molar-refractivity contribution in [2.45, 2.75) is 11.4 Å². The van der Waals surface area contributed by atoms with Gasteiger partial charge in [-0.05, 0) is 36.4 Å². The number of amides is 1. The molecule has 1 amide bonds. The average molecular weight is 372 g/mol. The van der Waals surface area contributed by atoms with Crippen LogP contribution in [0.4, 0.5) is 18.9 Å². The van der Waals surface area contributed by atoms with E-state index >= 15 is 0 Å². The molecule has 0 unspecified atom stereocenters. The van der Waals surface area contributed by atoms with Gasteiger partial charge < -0.3 is 15.2 Å². The number of carboxylic acids is 1. The predicted octanol–water partition coefficient (Wildman–Crippen LogP) is 3.41. The van der Waals surface area contributed by atoms with E-state index in [4.69, 9.17) is 5.11 Å². The van der Waals surface area contributed by atoms with Gasteiger partial charge in [0.2, 0.25) is 5.91 Å². The Morgan fingerprint density at radius 1 is 1.16 bits per heavy atom. The maximum atomic E-state index is 12.0. The highest BCUT2D eigenvalue weighted by Gasteiger charge is 2.30. The van der Waals surface area contributed by atoms with Gasteiger partial charge in [0.05, 0.1) is 16.3 Å². The molecule has 0 bridgehead atoms. The van der Waals surface area contributed by atoms with Gasteiger partial charge in [-0.2, -0.15) is 0 Å². The topological polar surface area (TPSA) is 88.5 Å². The van der Waals surface area contributed by atoms with Crippen LogP contribution in [-0.4, -0.2) is 34.1 Å². The molecule has 0 aliphatic heterocycles. The standard InChI is InChI=1S/C15H11F3N2O4S/c16-15(17,18)24-11-4-2-10(3-5-11)20-12(21)8-25-13-6-1-9(7-19-13)14(22)23/h1-7H,8H2,(H,20,21)(H,22,23). The Bertz CT molecular complexity index is 749. The molecule has 1 aromatic heterocycles. The Morgan fingerprint density at radius 2 is 1.84 bits per heavy atom. The number of ether oxygens (including phenoxy) is 1. The number of hydrogen-bond donors (Lipinski definition) is 2. The van der Waals surface area contributed by atoms with E-state index < -0.39 is 18.2 Å². The molecule has 0 atom stereocenters. The maximum Gasteiger partial charge on any atom is 0.573 e. The van der Waals surface area contributed by atoms with Gasteiger partial charge in [0.15, 0.2) is 0 Å². The zero-order chi connectivity index (χ0) is 18.4. The van der Waals surface area contributed by atoms with Crippen molar-refractivity contribution < 1.29 is 32.6 Å². The monoisotopic (exact) mass is 372 g/mol. The smallest absolute Gasteiger partial charge is 0.478 e. The summed E-state index contributed by atoms with van der Waals surface area (Å²) in [5.74, 6) is -1.87. The highest BCUT2D eigenvalue weighted by Crippen LogP contribution is 2.24. The number of carbonyl (C=O) groups is 2. The molecule has 10 heteroatoms. The Balaban J connectivity index is 1.84. The van der Waals surface area contributed by atoms with Crippen LogP contribution < -0.4 is 10.1 Å². The normalized spacial score (nSPS) is 11.0. The molecule has 2 rings (SSSR count). The number of aromatic carboxylic acids is 1. The molecule has 1 aromatic carbocycles. The first-order chi connectivity index (χ1) is 11.7. The summed E-state index contributed by atoms with van der Waals surface area (Å²) in [5, 5.41) is 11.7. The fourth-order valence-electron chi connectivity index (χ4n) is 1.67. The molecule has 2 N–H and O–H groups in total. The molecule has 0 spiro atoms. The summed E-state index contributed by atoms with van der Waals surface area (Å²) in [6.45, 7) is 0. The summed E-state index contributed by atoms with van der Waals surface area (Å²) >= 11 is 1.09. The number of hydrogen-bond acceptors (Lipinski definition) is 5. The zero-order valence-electron chi connectivity index (χ0n) is 12.4. The maximum absolute atomic E-state index is 12.0. The van der Waals surface area contributed by atoms with E-state index in [9.17, 15) is 22.8 Å². The highest BCUT2D eigenvalue weighted by molar-refractivity contribution is 7.99. The number of carbonyl (C=O) groups excluding carboxylic acids is 1. The second kappa shape index (κ2) is 7.88. The van der Waals surface area contributed by atoms with Crippen LogP contribution in [0.5, 0.6) is 5.75 Å². The number of benzene rings is 1. The van der Waals surface area contributed by atoms with Crippen LogP contribution >= 0.6 is 11.8 Å². The number of thioether (sulfide) groups is 1. The van der Waals surface area contributed by atoms with E-state index in [0.717, 1.165) is 23.9 Å². The number of pyridine rings is 1. The summed E-state index contributed by atoms with van der Waals surface area (Å²) < 4.78 is 39.9. The number of alkyl halides is 3. The van der Waals surface area contributed by atoms with Crippen LogP contribution in [-0.2, 0) is 4.79 Å². The van der Waals surface area contributed by atoms with Crippen molar-refractivity contribution in [3.63, 3.8) is 0 Å². The third-order valence-corrected chi connectivity index (χ3v) is 3.65. The van der Waals surface area contributed by atoms with Crippen LogP contribution in [0.2, 0.25) is 0 Å². The number of nitrogens with one attached hydrogen (secondary N) is 1. The van der Waals surface area contributed by atoms with Gasteiger partial charge in [0.25, 0.3) is 0 Å². The third kappa shape index (κ3) is 6.34. The lowest BCUT2D eigenvalue weighted by Gasteiger charge is -2.10. The van der Waals surface area contributed by atoms with Gasteiger partial charge >= 0.3 is 12.3 Å². The van der Waals surface area contributed by atoms with Crippen LogP contribution in [0.3, 0.4) is 0 Å². The molecule has 0 saturated heterocycles. The lowest BCUT2D eigenvalue weighted by atomic mass is 10.3. The van der Waals surface area contributed by atoms with Crippen LogP contribution in [0.1, 0.15) is 10.4 Å². The van der Waals surface area contributed by atoms with Crippen molar-refractivity contribution in [2.24, 2.45) is 0 Å². The zero-order valence-corrected chi connectivity index (χ0v) is 13.2. The third-order valence-electron chi connectivity index (χ3n) is 2.71. The fourth-order valence-corrected chi connectivity index (χ4v) is 2.31. The molecule has 0 saturated carbocycles. The lowest BCUT2D eigenvalue weighted by molar-refractivity contribution is -0.274. The van der Waals surface area contributed by atoms with Gasteiger partial charge in [0.1, 0.15) is 5.75 Å². The molecule has 2 aromatic rings. The summed E-state index contributed by atoms with van der Waals surface area (Å²) in [7, 11) is 0. The SMILES string of the molecule is O=C(CSc1ccc(C(=O)O)cn1)Nc1ccc(OC(F)(F)F)cc1. The summed E-state index contributed by atoms with van der Waals surface area (Å²) in [6.07, 6.45) is -3.59. The Kier molecular flexibility index (Phi) is 5.86. The second-order valence-corrected chi connectivity index (χ2v) is 5.59. The average Bonchev–Trinajstić information content (AvgIpc) is 2.54. The summed E-state index contributed by atoms with van der Waals surface area (Å²) in [4.78, 5) is 26.4. The van der Waals surface area contributed by atoms with E-state index in [1.807, 2.05) is 0 Å². The van der Waals surface area contributed by atoms with E-state index in [1.165, 1.54) is 30.5 Å². The minimum absolute atomic E-state index is 0.000219. The van der Waals surface area contributed by atoms with Crippen molar-refractivity contribution in [1.82, 2.24) is 4.98 Å². The minimum atomic E-state index is -4.77. The molecular formula is C15H11F3N2O4S. The molecule has 25 heavy (non-hydrogen) atoms. The summed E-state index contributed by atoms with van der Waals surface area (Å²) in [5.41, 5.74) is 0.351. The molecule has 0 aliphatic rings. The number of nitrogens with zero attached hydrogens (tertiary/aromatic N) is 1. The van der Waals surface area contributed by atoms with Crippen molar-refractivity contribution in [3.05, 3.63) is 48.2 Å².